The Labute approximate surface area is 161 Å². The number of nitriles is 1. The van der Waals surface area contributed by atoms with Gasteiger partial charge in [-0.1, -0.05) is 25.3 Å². The van der Waals surface area contributed by atoms with Crippen molar-refractivity contribution in [1.82, 2.24) is 4.90 Å². The van der Waals surface area contributed by atoms with E-state index >= 15 is 0 Å². The number of halogens is 1. The first kappa shape index (κ1) is 19.6. The summed E-state index contributed by atoms with van der Waals surface area (Å²) in [4.78, 5) is 3.10. The van der Waals surface area contributed by atoms with Gasteiger partial charge in [0.25, 0.3) is 0 Å². The maximum absolute atomic E-state index is 8.88. The van der Waals surface area contributed by atoms with Gasteiger partial charge in [0, 0.05) is 41.0 Å². The van der Waals surface area contributed by atoms with Crippen LogP contribution >= 0.6 is 24.4 Å². The van der Waals surface area contributed by atoms with Crippen LogP contribution in [0, 0.1) is 24.2 Å². The third-order valence-electron chi connectivity index (χ3n) is 4.74. The van der Waals surface area contributed by atoms with Gasteiger partial charge in [0.2, 0.25) is 0 Å². The second-order valence-electron chi connectivity index (χ2n) is 6.52. The number of hydrogen-bond donors (Lipinski definition) is 1. The SMILES string of the molecule is C=Cc1cc(C)c(/C(CC2CCCN(C(=C)CC#N)C2)=N\Cl)cc1S. The van der Waals surface area contributed by atoms with E-state index in [1.165, 1.54) is 0 Å². The molecule has 1 aromatic rings. The third-order valence-corrected chi connectivity index (χ3v) is 5.33. The molecule has 1 saturated heterocycles. The first-order chi connectivity index (χ1) is 12.0. The lowest BCUT2D eigenvalue weighted by molar-refractivity contribution is 0.219. The minimum atomic E-state index is 0.383. The lowest BCUT2D eigenvalue weighted by Crippen LogP contribution is -2.35. The van der Waals surface area contributed by atoms with E-state index in [1.54, 1.807) is 6.08 Å². The summed E-state index contributed by atoms with van der Waals surface area (Å²) in [6.07, 6.45) is 5.22. The van der Waals surface area contributed by atoms with E-state index in [2.05, 4.69) is 54.3 Å². The fourth-order valence-corrected chi connectivity index (χ4v) is 3.82. The Bertz CT molecular complexity index is 733. The fourth-order valence-electron chi connectivity index (χ4n) is 3.38. The number of benzene rings is 1. The van der Waals surface area contributed by atoms with Crippen LogP contribution in [-0.4, -0.2) is 23.7 Å². The Balaban J connectivity index is 2.15. The molecule has 1 fully saturated rings. The van der Waals surface area contributed by atoms with Crippen molar-refractivity contribution in [3.05, 3.63) is 47.7 Å². The second-order valence-corrected chi connectivity index (χ2v) is 7.17. The zero-order valence-electron chi connectivity index (χ0n) is 14.6. The van der Waals surface area contributed by atoms with E-state index in [9.17, 15) is 0 Å². The number of nitrogens with zero attached hydrogens (tertiary/aromatic N) is 3. The highest BCUT2D eigenvalue weighted by molar-refractivity contribution is 7.80. The quantitative estimate of drug-likeness (QED) is 0.535. The molecule has 132 valence electrons. The summed E-state index contributed by atoms with van der Waals surface area (Å²) in [6.45, 7) is 11.8. The van der Waals surface area contributed by atoms with E-state index in [-0.39, 0.29) is 0 Å². The average Bonchev–Trinajstić information content (AvgIpc) is 2.62. The van der Waals surface area contributed by atoms with Crippen LogP contribution in [0.2, 0.25) is 0 Å². The zero-order valence-corrected chi connectivity index (χ0v) is 16.3. The minimum Gasteiger partial charge on any atom is -0.374 e. The molecule has 3 nitrogen and oxygen atoms in total. The van der Waals surface area contributed by atoms with Crippen molar-refractivity contribution in [2.24, 2.45) is 10.4 Å². The van der Waals surface area contributed by atoms with Gasteiger partial charge in [-0.05, 0) is 49.3 Å². The van der Waals surface area contributed by atoms with E-state index in [1.807, 2.05) is 6.07 Å². The summed E-state index contributed by atoms with van der Waals surface area (Å²) in [7, 11) is 0. The summed E-state index contributed by atoms with van der Waals surface area (Å²) in [5, 5.41) is 8.88. The van der Waals surface area contributed by atoms with Crippen LogP contribution in [0.15, 0.2) is 40.4 Å². The highest BCUT2D eigenvalue weighted by atomic mass is 35.5. The molecule has 0 N–H and O–H groups in total. The number of likely N-dealkylation sites (tertiary alicyclic amines) is 1. The molecule has 1 heterocycles. The van der Waals surface area contributed by atoms with E-state index in [0.29, 0.717) is 12.3 Å². The lowest BCUT2D eigenvalue weighted by atomic mass is 9.88. The summed E-state index contributed by atoms with van der Waals surface area (Å²) >= 11 is 10.5. The lowest BCUT2D eigenvalue weighted by Gasteiger charge is -2.35. The van der Waals surface area contributed by atoms with Crippen molar-refractivity contribution >= 4 is 36.2 Å². The van der Waals surface area contributed by atoms with Gasteiger partial charge < -0.3 is 4.90 Å². The molecule has 0 aromatic heterocycles. The van der Waals surface area contributed by atoms with Gasteiger partial charge in [0.1, 0.15) is 0 Å². The molecular formula is C20H24ClN3S. The Morgan fingerprint density at radius 1 is 1.56 bits per heavy atom. The maximum Gasteiger partial charge on any atom is 0.0745 e. The number of allylic oxidation sites excluding steroid dienone is 1. The second kappa shape index (κ2) is 9.12. The van der Waals surface area contributed by atoms with Gasteiger partial charge in [0.05, 0.1) is 18.2 Å². The molecule has 1 aromatic carbocycles. The monoisotopic (exact) mass is 373 g/mol. The summed E-state index contributed by atoms with van der Waals surface area (Å²) < 4.78 is 4.05. The van der Waals surface area contributed by atoms with Crippen LogP contribution < -0.4 is 0 Å². The number of rotatable bonds is 6. The molecule has 0 radical (unpaired) electrons. The Hall–Kier alpha value is -1.70. The first-order valence-corrected chi connectivity index (χ1v) is 9.22. The standard InChI is InChI=1S/C20H24ClN3S/c1-4-17-10-14(2)18(12-20(17)25)19(23-21)11-16-6-5-9-24(13-16)15(3)7-8-22/h4,10,12,16,25H,1,3,5-7,9,11,13H2,2H3/b23-19-. The largest absolute Gasteiger partial charge is 0.374 e. The zero-order chi connectivity index (χ0) is 18.4. The molecular weight excluding hydrogens is 350 g/mol. The van der Waals surface area contributed by atoms with Crippen molar-refractivity contribution in [1.29, 1.82) is 5.26 Å². The van der Waals surface area contributed by atoms with Gasteiger partial charge in [-0.25, -0.2) is 0 Å². The molecule has 1 unspecified atom stereocenters. The summed E-state index contributed by atoms with van der Waals surface area (Å²) in [5.74, 6) is 0.448. The number of aryl methyl sites for hydroxylation is 1. The first-order valence-electron chi connectivity index (χ1n) is 8.44. The Morgan fingerprint density at radius 2 is 2.32 bits per heavy atom. The molecule has 1 atom stereocenters. The number of piperidine rings is 1. The number of hydrogen-bond acceptors (Lipinski definition) is 4. The predicted molar refractivity (Wildman–Crippen MR) is 109 cm³/mol. The van der Waals surface area contributed by atoms with Gasteiger partial charge in [0.15, 0.2) is 0 Å². The topological polar surface area (TPSA) is 39.4 Å². The molecule has 0 spiro atoms. The van der Waals surface area contributed by atoms with Gasteiger partial charge in [-0.3, -0.25) is 0 Å². The highest BCUT2D eigenvalue weighted by Crippen LogP contribution is 2.28. The minimum absolute atomic E-state index is 0.383. The molecule has 0 bridgehead atoms. The molecule has 2 rings (SSSR count). The Morgan fingerprint density at radius 3 is 2.96 bits per heavy atom. The van der Waals surface area contributed by atoms with Gasteiger partial charge in [-0.2, -0.15) is 9.77 Å². The molecule has 5 heteroatoms. The van der Waals surface area contributed by atoms with Crippen molar-refractivity contribution in [3.8, 4) is 6.07 Å². The molecule has 1 aliphatic rings. The van der Waals surface area contributed by atoms with E-state index in [4.69, 9.17) is 17.0 Å². The van der Waals surface area contributed by atoms with Crippen LogP contribution in [-0.2, 0) is 0 Å². The third kappa shape index (κ3) is 4.90. The highest BCUT2D eigenvalue weighted by Gasteiger charge is 2.23. The smallest absolute Gasteiger partial charge is 0.0745 e. The van der Waals surface area contributed by atoms with Gasteiger partial charge in [-0.15, -0.1) is 12.6 Å². The van der Waals surface area contributed by atoms with Crippen molar-refractivity contribution in [2.75, 3.05) is 13.1 Å². The van der Waals surface area contributed by atoms with Gasteiger partial charge >= 0.3 is 0 Å². The predicted octanol–water partition coefficient (Wildman–Crippen LogP) is 5.40. The average molecular weight is 374 g/mol. The van der Waals surface area contributed by atoms with Crippen LogP contribution in [0.5, 0.6) is 0 Å². The normalized spacial score (nSPS) is 17.9. The maximum atomic E-state index is 8.88. The van der Waals surface area contributed by atoms with Crippen LogP contribution in [0.4, 0.5) is 0 Å². The van der Waals surface area contributed by atoms with Crippen molar-refractivity contribution in [2.45, 2.75) is 37.5 Å². The number of thiol groups is 1. The molecule has 0 amide bonds. The van der Waals surface area contributed by atoms with E-state index in [0.717, 1.165) is 65.3 Å². The van der Waals surface area contributed by atoms with E-state index < -0.39 is 0 Å². The van der Waals surface area contributed by atoms with Crippen LogP contribution in [0.3, 0.4) is 0 Å². The van der Waals surface area contributed by atoms with Crippen molar-refractivity contribution < 1.29 is 0 Å². The molecule has 0 aliphatic carbocycles. The Kier molecular flexibility index (Phi) is 7.16. The summed E-state index contributed by atoms with van der Waals surface area (Å²) in [5.41, 5.74) is 4.96. The molecule has 0 saturated carbocycles. The van der Waals surface area contributed by atoms with Crippen LogP contribution in [0.25, 0.3) is 6.08 Å². The molecule has 1 aliphatic heterocycles. The molecule has 25 heavy (non-hydrogen) atoms. The summed E-state index contributed by atoms with van der Waals surface area (Å²) in [6, 6.07) is 6.26. The van der Waals surface area contributed by atoms with Crippen LogP contribution in [0.1, 0.15) is 42.4 Å². The van der Waals surface area contributed by atoms with Crippen molar-refractivity contribution in [3.63, 3.8) is 0 Å². The fraction of sp³-hybridized carbons (Fsp3) is 0.400.